The first-order valence-electron chi connectivity index (χ1n) is 4.69. The monoisotopic (exact) mass is 254 g/mol. The topological polar surface area (TPSA) is 121 Å². The summed E-state index contributed by atoms with van der Waals surface area (Å²) >= 11 is 0. The fourth-order valence-corrected chi connectivity index (χ4v) is 2.53. The number of aliphatic carboxylic acids is 2. The predicted molar refractivity (Wildman–Crippen MR) is 54.3 cm³/mol. The molecule has 0 rings (SSSR count). The summed E-state index contributed by atoms with van der Waals surface area (Å²) in [6, 6.07) is 0. The molecule has 0 aromatic rings. The molecule has 2 unspecified atom stereocenters. The molecule has 0 radical (unpaired) electrons. The van der Waals surface area contributed by atoms with Crippen LogP contribution in [0.25, 0.3) is 0 Å². The third-order valence-corrected chi connectivity index (χ3v) is 3.40. The predicted octanol–water partition coefficient (Wildman–Crippen LogP) is 0.774. The molecule has 0 aliphatic carbocycles. The van der Waals surface area contributed by atoms with Crippen LogP contribution in [0.15, 0.2) is 0 Å². The van der Waals surface area contributed by atoms with E-state index in [-0.39, 0.29) is 19.4 Å². The van der Waals surface area contributed by atoms with E-state index in [4.69, 9.17) is 10.2 Å². The highest BCUT2D eigenvalue weighted by Gasteiger charge is 2.29. The second kappa shape index (κ2) is 6.62. The van der Waals surface area contributed by atoms with Crippen LogP contribution < -0.4 is 0 Å². The van der Waals surface area contributed by atoms with Crippen LogP contribution in [0.5, 0.6) is 0 Å². The van der Waals surface area contributed by atoms with Gasteiger partial charge in [-0.15, -0.1) is 0 Å². The molecule has 0 saturated carbocycles. The van der Waals surface area contributed by atoms with E-state index in [2.05, 4.69) is 4.52 Å². The van der Waals surface area contributed by atoms with Gasteiger partial charge in [-0.3, -0.25) is 14.2 Å². The van der Waals surface area contributed by atoms with Crippen molar-refractivity contribution in [2.24, 2.45) is 5.92 Å². The zero-order valence-corrected chi connectivity index (χ0v) is 9.72. The molecule has 94 valence electrons. The zero-order valence-electron chi connectivity index (χ0n) is 8.83. The molecule has 0 heterocycles. The van der Waals surface area contributed by atoms with Gasteiger partial charge in [0, 0.05) is 6.42 Å². The Morgan fingerprint density at radius 3 is 2.31 bits per heavy atom. The van der Waals surface area contributed by atoms with Gasteiger partial charge >= 0.3 is 19.5 Å². The van der Waals surface area contributed by atoms with E-state index < -0.39 is 31.6 Å². The maximum absolute atomic E-state index is 11.3. The molecule has 3 N–H and O–H groups in total. The summed E-state index contributed by atoms with van der Waals surface area (Å²) in [5.74, 6) is -3.62. The minimum absolute atomic E-state index is 0.000945. The molecule has 0 bridgehead atoms. The third-order valence-electron chi connectivity index (χ3n) is 1.84. The molecule has 16 heavy (non-hydrogen) atoms. The lowest BCUT2D eigenvalue weighted by Crippen LogP contribution is -2.20. The molecule has 8 heteroatoms. The average Bonchev–Trinajstić information content (AvgIpc) is 2.11. The second-order valence-corrected chi connectivity index (χ2v) is 5.10. The van der Waals surface area contributed by atoms with Crippen LogP contribution in [0.2, 0.25) is 0 Å². The van der Waals surface area contributed by atoms with Crippen molar-refractivity contribution in [2.45, 2.75) is 19.8 Å². The van der Waals surface area contributed by atoms with Gasteiger partial charge in [0.15, 0.2) is 0 Å². The standard InChI is InChI=1S/C8H15O7P/c1-2-15-16(13,14)5-6(8(11)12)3-4-7(9)10/h6H,2-5H2,1H3,(H,9,10)(H,11,12)(H,13,14). The first kappa shape index (κ1) is 15.1. The summed E-state index contributed by atoms with van der Waals surface area (Å²) in [5.41, 5.74) is 0. The Balaban J connectivity index is 4.39. The van der Waals surface area contributed by atoms with Gasteiger partial charge in [0.25, 0.3) is 0 Å². The molecule has 0 saturated heterocycles. The highest BCUT2D eigenvalue weighted by Crippen LogP contribution is 2.44. The molecule has 0 aromatic heterocycles. The molecule has 0 aromatic carbocycles. The van der Waals surface area contributed by atoms with Crippen LogP contribution in [0.4, 0.5) is 0 Å². The number of hydrogen-bond donors (Lipinski definition) is 3. The van der Waals surface area contributed by atoms with Crippen LogP contribution in [-0.2, 0) is 18.7 Å². The van der Waals surface area contributed by atoms with Crippen molar-refractivity contribution >= 4 is 19.5 Å². The quantitative estimate of drug-likeness (QED) is 0.547. The molecule has 0 amide bonds. The van der Waals surface area contributed by atoms with Gasteiger partial charge in [0.1, 0.15) is 0 Å². The van der Waals surface area contributed by atoms with Gasteiger partial charge in [-0.25, -0.2) is 0 Å². The zero-order chi connectivity index (χ0) is 12.8. The largest absolute Gasteiger partial charge is 0.481 e. The Hall–Kier alpha value is -0.910. The van der Waals surface area contributed by atoms with E-state index in [1.807, 2.05) is 0 Å². The number of hydrogen-bond acceptors (Lipinski definition) is 4. The lowest BCUT2D eigenvalue weighted by atomic mass is 10.1. The lowest BCUT2D eigenvalue weighted by Gasteiger charge is -2.15. The van der Waals surface area contributed by atoms with Crippen molar-refractivity contribution in [2.75, 3.05) is 12.8 Å². The maximum atomic E-state index is 11.3. The first-order chi connectivity index (χ1) is 7.28. The summed E-state index contributed by atoms with van der Waals surface area (Å²) in [5, 5.41) is 17.1. The van der Waals surface area contributed by atoms with Gasteiger partial charge in [-0.05, 0) is 13.3 Å². The minimum Gasteiger partial charge on any atom is -0.481 e. The van der Waals surface area contributed by atoms with E-state index in [0.29, 0.717) is 0 Å². The van der Waals surface area contributed by atoms with Crippen LogP contribution >= 0.6 is 7.60 Å². The van der Waals surface area contributed by atoms with Crippen molar-refractivity contribution in [1.82, 2.24) is 0 Å². The van der Waals surface area contributed by atoms with Gasteiger partial charge in [0.05, 0.1) is 18.7 Å². The van der Waals surface area contributed by atoms with E-state index in [1.54, 1.807) is 0 Å². The van der Waals surface area contributed by atoms with E-state index in [9.17, 15) is 19.0 Å². The van der Waals surface area contributed by atoms with Crippen molar-refractivity contribution in [3.05, 3.63) is 0 Å². The van der Waals surface area contributed by atoms with Crippen LogP contribution in [0, 0.1) is 5.92 Å². The lowest BCUT2D eigenvalue weighted by molar-refractivity contribution is -0.142. The molecule has 0 spiro atoms. The molecule has 7 nitrogen and oxygen atoms in total. The SMILES string of the molecule is CCOP(=O)(O)CC(CCC(=O)O)C(=O)O. The molecule has 0 aliphatic heterocycles. The van der Waals surface area contributed by atoms with Crippen molar-refractivity contribution < 1.29 is 33.8 Å². The number of carboxylic acids is 2. The molecular weight excluding hydrogens is 239 g/mol. The Morgan fingerprint density at radius 2 is 1.94 bits per heavy atom. The van der Waals surface area contributed by atoms with Gasteiger partial charge < -0.3 is 19.6 Å². The van der Waals surface area contributed by atoms with Gasteiger partial charge in [-0.1, -0.05) is 0 Å². The van der Waals surface area contributed by atoms with Crippen LogP contribution in [-0.4, -0.2) is 39.8 Å². The normalized spacial score (nSPS) is 16.4. The van der Waals surface area contributed by atoms with E-state index in [1.165, 1.54) is 6.92 Å². The number of carboxylic acid groups (broad SMARTS) is 2. The van der Waals surface area contributed by atoms with E-state index >= 15 is 0 Å². The maximum Gasteiger partial charge on any atom is 0.328 e. The van der Waals surface area contributed by atoms with Gasteiger partial charge in [0.2, 0.25) is 0 Å². The average molecular weight is 254 g/mol. The third kappa shape index (κ3) is 6.55. The fraction of sp³-hybridized carbons (Fsp3) is 0.750. The molecule has 0 aliphatic rings. The van der Waals surface area contributed by atoms with E-state index in [0.717, 1.165) is 0 Å². The van der Waals surface area contributed by atoms with Crippen LogP contribution in [0.3, 0.4) is 0 Å². The van der Waals surface area contributed by atoms with Gasteiger partial charge in [-0.2, -0.15) is 0 Å². The summed E-state index contributed by atoms with van der Waals surface area (Å²) in [6.07, 6.45) is -1.12. The smallest absolute Gasteiger partial charge is 0.328 e. The Morgan fingerprint density at radius 1 is 1.38 bits per heavy atom. The first-order valence-corrected chi connectivity index (χ1v) is 6.45. The van der Waals surface area contributed by atoms with Crippen molar-refractivity contribution in [1.29, 1.82) is 0 Å². The molecule has 0 fully saturated rings. The second-order valence-electron chi connectivity index (χ2n) is 3.21. The number of carbonyl (C=O) groups is 2. The highest BCUT2D eigenvalue weighted by atomic mass is 31.2. The summed E-state index contributed by atoms with van der Waals surface area (Å²) in [7, 11) is -3.94. The summed E-state index contributed by atoms with van der Waals surface area (Å²) in [4.78, 5) is 30.2. The molecule has 2 atom stereocenters. The highest BCUT2D eigenvalue weighted by molar-refractivity contribution is 7.52. The number of rotatable bonds is 8. The summed E-state index contributed by atoms with van der Waals surface area (Å²) < 4.78 is 15.8. The summed E-state index contributed by atoms with van der Waals surface area (Å²) in [6.45, 7) is 1.51. The van der Waals surface area contributed by atoms with Crippen molar-refractivity contribution in [3.63, 3.8) is 0 Å². The van der Waals surface area contributed by atoms with Crippen LogP contribution in [0.1, 0.15) is 19.8 Å². The minimum atomic E-state index is -3.94. The Labute approximate surface area is 92.6 Å². The Bertz CT molecular complexity index is 301. The Kier molecular flexibility index (Phi) is 6.25. The molecular formula is C8H15O7P. The van der Waals surface area contributed by atoms with Crippen molar-refractivity contribution in [3.8, 4) is 0 Å². The fourth-order valence-electron chi connectivity index (χ4n) is 1.12.